The van der Waals surface area contributed by atoms with Crippen LogP contribution in [-0.4, -0.2) is 71.4 Å². The molecule has 0 radical (unpaired) electrons. The number of carbonyl (C=O) groups excluding carboxylic acids is 5. The molecule has 5 amide bonds. The highest BCUT2D eigenvalue weighted by Crippen LogP contribution is 2.65. The van der Waals surface area contributed by atoms with Gasteiger partial charge in [0, 0.05) is 13.0 Å². The van der Waals surface area contributed by atoms with E-state index >= 15 is 0 Å². The summed E-state index contributed by atoms with van der Waals surface area (Å²) in [6.45, 7) is 8.38. The number of para-hydroxylation sites is 2. The molecule has 1 saturated heterocycles. The second-order valence-electron chi connectivity index (χ2n) is 12.5. The minimum absolute atomic E-state index is 0.0786. The highest BCUT2D eigenvalue weighted by atomic mass is 19.4. The lowest BCUT2D eigenvalue weighted by Crippen LogP contribution is -2.61. The molecule has 11 nitrogen and oxygen atoms in total. The maximum Gasteiger partial charge on any atom is 0.471 e. The minimum atomic E-state index is -5.21. The van der Waals surface area contributed by atoms with Crippen LogP contribution in [0.25, 0.3) is 0 Å². The summed E-state index contributed by atoms with van der Waals surface area (Å²) in [4.78, 5) is 65.2. The molecule has 1 saturated carbocycles. The van der Waals surface area contributed by atoms with Gasteiger partial charge in [0.1, 0.15) is 23.9 Å². The third-order valence-corrected chi connectivity index (χ3v) is 8.22. The first-order valence-corrected chi connectivity index (χ1v) is 13.2. The van der Waals surface area contributed by atoms with Gasteiger partial charge in [-0.1, -0.05) is 46.8 Å². The summed E-state index contributed by atoms with van der Waals surface area (Å²) in [6.07, 6.45) is -6.67. The van der Waals surface area contributed by atoms with Crippen molar-refractivity contribution in [3.05, 3.63) is 24.3 Å². The maximum absolute atomic E-state index is 13.7. The Kier molecular flexibility index (Phi) is 7.50. The van der Waals surface area contributed by atoms with E-state index in [2.05, 4.69) is 10.6 Å². The first-order chi connectivity index (χ1) is 18.8. The fourth-order valence-corrected chi connectivity index (χ4v) is 5.81. The van der Waals surface area contributed by atoms with Gasteiger partial charge in [-0.05, 0) is 34.8 Å². The Labute approximate surface area is 234 Å². The van der Waals surface area contributed by atoms with Crippen molar-refractivity contribution in [1.82, 2.24) is 15.5 Å². The van der Waals surface area contributed by atoms with Gasteiger partial charge in [-0.25, -0.2) is 0 Å². The number of piperidine rings is 1. The second kappa shape index (κ2) is 10.2. The standard InChI is InChI=1S/C27H34F3N5O6/c1-25(2,3)19(34-24(40)27(28,29)30)23(39)35-11-12-17(26(12,4)5)18(35)22(38)33-14(20(31)36)10-16-21(37)32-13-8-6-7-9-15(13)41-16/h6-9,12,14,16-19H,10-11H2,1-5H3,(H2,31,36)(H,32,37)(H,33,38)(H,34,40)/t12-,14?,16-,17-,18-,19?/m0/s1. The number of benzene rings is 1. The zero-order valence-electron chi connectivity index (χ0n) is 23.3. The van der Waals surface area contributed by atoms with E-state index in [0.29, 0.717) is 11.4 Å². The molecular weight excluding hydrogens is 547 g/mol. The van der Waals surface area contributed by atoms with Gasteiger partial charge < -0.3 is 31.3 Å². The number of nitrogens with two attached hydrogens (primary N) is 1. The molecule has 2 heterocycles. The van der Waals surface area contributed by atoms with Crippen molar-refractivity contribution in [2.24, 2.45) is 28.4 Å². The van der Waals surface area contributed by atoms with Crippen LogP contribution in [-0.2, 0) is 24.0 Å². The van der Waals surface area contributed by atoms with Crippen molar-refractivity contribution in [3.63, 3.8) is 0 Å². The first kappa shape index (κ1) is 30.1. The number of likely N-dealkylation sites (tertiary alicyclic amines) is 1. The molecule has 1 aromatic rings. The third kappa shape index (κ3) is 5.82. The van der Waals surface area contributed by atoms with Crippen LogP contribution in [0.5, 0.6) is 5.75 Å². The molecule has 1 aromatic carbocycles. The van der Waals surface area contributed by atoms with Gasteiger partial charge in [-0.15, -0.1) is 0 Å². The van der Waals surface area contributed by atoms with Crippen molar-refractivity contribution in [1.29, 1.82) is 0 Å². The van der Waals surface area contributed by atoms with E-state index in [1.165, 1.54) is 25.7 Å². The summed E-state index contributed by atoms with van der Waals surface area (Å²) < 4.78 is 44.9. The van der Waals surface area contributed by atoms with Gasteiger partial charge in [0.05, 0.1) is 5.69 Å². The van der Waals surface area contributed by atoms with E-state index in [0.717, 1.165) is 0 Å². The Morgan fingerprint density at radius 3 is 2.37 bits per heavy atom. The molecule has 14 heteroatoms. The van der Waals surface area contributed by atoms with E-state index < -0.39 is 65.4 Å². The lowest BCUT2D eigenvalue weighted by Gasteiger charge is -2.38. The van der Waals surface area contributed by atoms with E-state index in [4.69, 9.17) is 10.5 Å². The molecule has 4 rings (SSSR count). The molecular formula is C27H34F3N5O6. The lowest BCUT2D eigenvalue weighted by atomic mass is 9.85. The van der Waals surface area contributed by atoms with Crippen molar-refractivity contribution >= 4 is 35.2 Å². The van der Waals surface area contributed by atoms with Crippen LogP contribution < -0.4 is 26.4 Å². The molecule has 3 aliphatic rings. The Bertz CT molecular complexity index is 1280. The number of amides is 5. The third-order valence-electron chi connectivity index (χ3n) is 8.22. The second-order valence-corrected chi connectivity index (χ2v) is 12.5. The molecule has 2 fully saturated rings. The summed E-state index contributed by atoms with van der Waals surface area (Å²) in [5.74, 6) is -5.45. The predicted molar refractivity (Wildman–Crippen MR) is 139 cm³/mol. The number of hydrogen-bond donors (Lipinski definition) is 4. The number of hydrogen-bond acceptors (Lipinski definition) is 6. The highest BCUT2D eigenvalue weighted by Gasteiger charge is 2.70. The molecule has 1 aliphatic carbocycles. The zero-order chi connectivity index (χ0) is 30.7. The van der Waals surface area contributed by atoms with E-state index in [1.54, 1.807) is 29.6 Å². The first-order valence-electron chi connectivity index (χ1n) is 13.2. The smallest absolute Gasteiger partial charge is 0.471 e. The molecule has 6 atom stereocenters. The Hall–Kier alpha value is -3.84. The summed E-state index contributed by atoms with van der Waals surface area (Å²) in [5, 5.41) is 6.99. The summed E-state index contributed by atoms with van der Waals surface area (Å²) in [6, 6.07) is 2.58. The summed E-state index contributed by atoms with van der Waals surface area (Å²) in [5.41, 5.74) is 4.52. The van der Waals surface area contributed by atoms with Crippen LogP contribution in [0.3, 0.4) is 0 Å². The fraction of sp³-hybridized carbons (Fsp3) is 0.593. The van der Waals surface area contributed by atoms with Crippen LogP contribution in [0.15, 0.2) is 24.3 Å². The van der Waals surface area contributed by atoms with Crippen LogP contribution in [0, 0.1) is 22.7 Å². The van der Waals surface area contributed by atoms with Crippen molar-refractivity contribution in [2.75, 3.05) is 11.9 Å². The SMILES string of the molecule is CC(C)(C)C(NC(=O)C(F)(F)F)C(=O)N1C[C@H]2[C@@H]([C@H]1C(=O)NC(C[C@@H]1Oc3ccccc3NC1=O)C(N)=O)C2(C)C. The number of carbonyl (C=O) groups is 5. The van der Waals surface area contributed by atoms with Crippen molar-refractivity contribution in [2.45, 2.75) is 71.4 Å². The molecule has 0 bridgehead atoms. The van der Waals surface area contributed by atoms with Gasteiger partial charge >= 0.3 is 12.1 Å². The van der Waals surface area contributed by atoms with E-state index in [9.17, 15) is 37.1 Å². The fourth-order valence-electron chi connectivity index (χ4n) is 5.81. The molecule has 41 heavy (non-hydrogen) atoms. The van der Waals surface area contributed by atoms with Gasteiger partial charge in [0.15, 0.2) is 6.10 Å². The van der Waals surface area contributed by atoms with Gasteiger partial charge in [0.2, 0.25) is 17.7 Å². The number of nitrogens with one attached hydrogen (secondary N) is 3. The molecule has 2 aliphatic heterocycles. The zero-order valence-corrected chi connectivity index (χ0v) is 23.3. The lowest BCUT2D eigenvalue weighted by molar-refractivity contribution is -0.176. The molecule has 5 N–H and O–H groups in total. The Morgan fingerprint density at radius 1 is 1.15 bits per heavy atom. The molecule has 0 spiro atoms. The maximum atomic E-state index is 13.7. The summed E-state index contributed by atoms with van der Waals surface area (Å²) in [7, 11) is 0. The topological polar surface area (TPSA) is 160 Å². The van der Waals surface area contributed by atoms with Crippen LogP contribution >= 0.6 is 0 Å². The largest absolute Gasteiger partial charge is 0.478 e. The van der Waals surface area contributed by atoms with Gasteiger partial charge in [0.25, 0.3) is 5.91 Å². The van der Waals surface area contributed by atoms with Gasteiger partial charge in [-0.3, -0.25) is 24.0 Å². The number of primary amides is 1. The van der Waals surface area contributed by atoms with Crippen molar-refractivity contribution < 1.29 is 41.9 Å². The predicted octanol–water partition coefficient (Wildman–Crippen LogP) is 1.32. The van der Waals surface area contributed by atoms with E-state index in [-0.39, 0.29) is 30.2 Å². The van der Waals surface area contributed by atoms with Crippen LogP contribution in [0.2, 0.25) is 0 Å². The molecule has 0 aromatic heterocycles. The number of anilines is 1. The number of fused-ring (bicyclic) bond motifs is 2. The molecule has 224 valence electrons. The average molecular weight is 582 g/mol. The van der Waals surface area contributed by atoms with Gasteiger partial charge in [-0.2, -0.15) is 13.2 Å². The van der Waals surface area contributed by atoms with E-state index in [1.807, 2.05) is 13.8 Å². The minimum Gasteiger partial charge on any atom is -0.478 e. The number of alkyl halides is 3. The Morgan fingerprint density at radius 2 is 1.78 bits per heavy atom. The number of nitrogens with zero attached hydrogens (tertiary/aromatic N) is 1. The number of rotatable bonds is 7. The average Bonchev–Trinajstić information content (AvgIpc) is 3.18. The highest BCUT2D eigenvalue weighted by molar-refractivity contribution is 5.99. The number of halogens is 3. The molecule has 2 unspecified atom stereocenters. The normalized spacial score (nSPS) is 26.0. The monoisotopic (exact) mass is 581 g/mol. The summed E-state index contributed by atoms with van der Waals surface area (Å²) >= 11 is 0. The Balaban J connectivity index is 1.54. The van der Waals surface area contributed by atoms with Crippen LogP contribution in [0.1, 0.15) is 41.0 Å². The number of ether oxygens (including phenoxy) is 1. The van der Waals surface area contributed by atoms with Crippen LogP contribution in [0.4, 0.5) is 18.9 Å². The van der Waals surface area contributed by atoms with Crippen molar-refractivity contribution in [3.8, 4) is 5.75 Å². The quantitative estimate of drug-likeness (QED) is 0.380.